The number of piperazine rings is 1. The smallest absolute Gasteiger partial charge is 0.319 e. The van der Waals surface area contributed by atoms with E-state index >= 15 is 4.39 Å². The summed E-state index contributed by atoms with van der Waals surface area (Å²) < 4.78 is 22.9. The van der Waals surface area contributed by atoms with Gasteiger partial charge < -0.3 is 15.0 Å². The molecule has 0 spiro atoms. The molecule has 1 saturated carbocycles. The molecule has 8 rings (SSSR count). The van der Waals surface area contributed by atoms with E-state index in [-0.39, 0.29) is 18.8 Å². The quantitative estimate of drug-likeness (QED) is 0.473. The van der Waals surface area contributed by atoms with E-state index in [1.807, 2.05) is 18.2 Å². The van der Waals surface area contributed by atoms with Crippen LogP contribution in [0.3, 0.4) is 0 Å². The molecule has 2 unspecified atom stereocenters. The van der Waals surface area contributed by atoms with E-state index in [9.17, 15) is 0 Å². The number of pyridine rings is 1. The highest BCUT2D eigenvalue weighted by atomic mass is 19.1. The summed E-state index contributed by atoms with van der Waals surface area (Å²) in [4.78, 5) is 19.3. The van der Waals surface area contributed by atoms with Crippen molar-refractivity contribution < 1.29 is 10.6 Å². The fraction of sp³-hybridized carbons (Fsp3) is 0.581. The van der Waals surface area contributed by atoms with Crippen LogP contribution in [0.1, 0.15) is 64.8 Å². The van der Waals surface area contributed by atoms with Crippen LogP contribution in [0.4, 0.5) is 10.2 Å². The number of fused-ring (bicyclic) bond motifs is 4. The molecule has 4 saturated heterocycles. The summed E-state index contributed by atoms with van der Waals surface area (Å²) in [6, 6.07) is 9.30. The zero-order valence-electron chi connectivity index (χ0n) is 22.7. The Morgan fingerprint density at radius 3 is 2.59 bits per heavy atom. The third-order valence-electron chi connectivity index (χ3n) is 10.2. The molecular formula is C31H39FN6O. The molecule has 1 N–H and O–H groups in total. The molecule has 0 amide bonds. The van der Waals surface area contributed by atoms with Gasteiger partial charge in [0.15, 0.2) is 5.82 Å². The second-order valence-corrected chi connectivity index (χ2v) is 12.7. The minimum absolute atomic E-state index is 0. The summed E-state index contributed by atoms with van der Waals surface area (Å²) >= 11 is 0. The first-order valence-electron chi connectivity index (χ1n) is 14.9. The maximum absolute atomic E-state index is 16.5. The summed E-state index contributed by atoms with van der Waals surface area (Å²) in [5, 5.41) is 4.37. The Morgan fingerprint density at radius 2 is 1.85 bits per heavy atom. The second kappa shape index (κ2) is 9.10. The molecule has 5 fully saturated rings. The van der Waals surface area contributed by atoms with Crippen molar-refractivity contribution >= 4 is 16.7 Å². The van der Waals surface area contributed by atoms with Gasteiger partial charge in [0.25, 0.3) is 0 Å². The van der Waals surface area contributed by atoms with Crippen molar-refractivity contribution in [1.29, 1.82) is 0 Å². The molecule has 3 aromatic rings. The average molecular weight is 531 g/mol. The monoisotopic (exact) mass is 530 g/mol. The minimum Gasteiger partial charge on any atom is -0.461 e. The molecule has 39 heavy (non-hydrogen) atoms. The number of rotatable bonds is 6. The number of nitrogens with zero attached hydrogens (tertiary/aromatic N) is 5. The van der Waals surface area contributed by atoms with Gasteiger partial charge in [-0.05, 0) is 75.4 Å². The molecule has 206 valence electrons. The Labute approximate surface area is 230 Å². The van der Waals surface area contributed by atoms with Gasteiger partial charge in [-0.3, -0.25) is 9.88 Å². The van der Waals surface area contributed by atoms with Crippen LogP contribution in [0.2, 0.25) is 0 Å². The molecule has 2 aromatic heterocycles. The van der Waals surface area contributed by atoms with Crippen LogP contribution in [0.5, 0.6) is 6.01 Å². The molecule has 2 bridgehead atoms. The largest absolute Gasteiger partial charge is 0.461 e. The van der Waals surface area contributed by atoms with Gasteiger partial charge in [0.2, 0.25) is 0 Å². The van der Waals surface area contributed by atoms with E-state index in [1.54, 1.807) is 6.20 Å². The van der Waals surface area contributed by atoms with Crippen LogP contribution in [0, 0.1) is 11.7 Å². The number of aromatic nitrogens is 3. The normalized spacial score (nSPS) is 29.2. The summed E-state index contributed by atoms with van der Waals surface area (Å²) in [6.45, 7) is 6.80. The van der Waals surface area contributed by atoms with Crippen molar-refractivity contribution in [3.8, 4) is 17.3 Å². The molecular weight excluding hydrogens is 491 g/mol. The van der Waals surface area contributed by atoms with Gasteiger partial charge in [-0.1, -0.05) is 31.2 Å². The molecule has 1 aliphatic carbocycles. The Morgan fingerprint density at radius 1 is 1.10 bits per heavy atom. The third-order valence-corrected chi connectivity index (χ3v) is 10.2. The van der Waals surface area contributed by atoms with Crippen LogP contribution in [0.15, 0.2) is 30.5 Å². The van der Waals surface area contributed by atoms with Crippen molar-refractivity contribution in [2.45, 2.75) is 75.4 Å². The van der Waals surface area contributed by atoms with E-state index < -0.39 is 0 Å². The zero-order chi connectivity index (χ0) is 26.1. The first kappa shape index (κ1) is 24.0. The summed E-state index contributed by atoms with van der Waals surface area (Å²) in [5.41, 5.74) is 2.83. The molecule has 7 nitrogen and oxygen atoms in total. The van der Waals surface area contributed by atoms with Crippen molar-refractivity contribution in [1.82, 2.24) is 25.2 Å². The predicted octanol–water partition coefficient (Wildman–Crippen LogP) is 5.15. The Hall–Kier alpha value is -2.84. The van der Waals surface area contributed by atoms with Gasteiger partial charge in [-0.15, -0.1) is 0 Å². The fourth-order valence-corrected chi connectivity index (χ4v) is 7.94. The highest BCUT2D eigenvalue weighted by Gasteiger charge is 2.45. The molecule has 0 radical (unpaired) electrons. The van der Waals surface area contributed by atoms with E-state index in [1.165, 1.54) is 31.2 Å². The van der Waals surface area contributed by atoms with E-state index in [2.05, 4.69) is 28.1 Å². The van der Waals surface area contributed by atoms with Gasteiger partial charge in [0.1, 0.15) is 23.6 Å². The first-order chi connectivity index (χ1) is 19.1. The third kappa shape index (κ3) is 4.01. The van der Waals surface area contributed by atoms with Crippen LogP contribution in [-0.4, -0.2) is 70.3 Å². The maximum atomic E-state index is 16.5. The van der Waals surface area contributed by atoms with Crippen molar-refractivity contribution in [3.63, 3.8) is 0 Å². The fourth-order valence-electron chi connectivity index (χ4n) is 7.94. The lowest BCUT2D eigenvalue weighted by atomic mass is 9.95. The molecule has 4 atom stereocenters. The van der Waals surface area contributed by atoms with Gasteiger partial charge in [-0.2, -0.15) is 9.97 Å². The van der Waals surface area contributed by atoms with Crippen LogP contribution >= 0.6 is 0 Å². The summed E-state index contributed by atoms with van der Waals surface area (Å²) in [7, 11) is 0. The Kier molecular flexibility index (Phi) is 5.60. The number of hydrogen-bond acceptors (Lipinski definition) is 7. The number of hydrogen-bond donors (Lipinski definition) is 1. The van der Waals surface area contributed by atoms with E-state index in [0.717, 1.165) is 56.8 Å². The number of nitrogens with one attached hydrogen (secondary N) is 1. The number of benzene rings is 1. The van der Waals surface area contributed by atoms with Crippen molar-refractivity contribution in [2.75, 3.05) is 37.7 Å². The summed E-state index contributed by atoms with van der Waals surface area (Å²) in [5.74, 6) is 1.47. The molecule has 8 heteroatoms. The lowest BCUT2D eigenvalue weighted by Gasteiger charge is -2.34. The highest BCUT2D eigenvalue weighted by molar-refractivity contribution is 5.92. The lowest BCUT2D eigenvalue weighted by molar-refractivity contribution is 0.108. The standard InChI is InChI=1S/C31H37FN6O.H2/c1-19-14-24(19)22-6-2-3-7-23(22)27-26(32)28-25(15-33-27)29(37-16-20-8-9-21(17-37)34-20)36-30(35-28)39-18-31-10-4-12-38(31)13-5-11-31;/h2-3,6-7,15,19-21,24,34H,4-5,8-14,16-18H2,1H3;1H/t19-,20?,21?,24-;/m1./s1. The molecule has 6 heterocycles. The topological polar surface area (TPSA) is 66.4 Å². The first-order valence-corrected chi connectivity index (χ1v) is 14.9. The zero-order valence-corrected chi connectivity index (χ0v) is 22.7. The Bertz CT molecular complexity index is 1410. The van der Waals surface area contributed by atoms with Gasteiger partial charge >= 0.3 is 6.01 Å². The average Bonchev–Trinajstić information content (AvgIpc) is 3.22. The number of ether oxygens (including phenoxy) is 1. The number of halogens is 1. The maximum Gasteiger partial charge on any atom is 0.319 e. The molecule has 5 aliphatic rings. The minimum atomic E-state index is -0.374. The lowest BCUT2D eigenvalue weighted by Crippen LogP contribution is -2.51. The predicted molar refractivity (Wildman–Crippen MR) is 152 cm³/mol. The van der Waals surface area contributed by atoms with E-state index in [4.69, 9.17) is 19.7 Å². The SMILES string of the molecule is C[C@@H]1C[C@H]1c1ccccc1-c1ncc2c(N3CC4CCC(C3)N4)nc(OCC34CCCN3CCC4)nc2c1F.[HH]. The van der Waals surface area contributed by atoms with E-state index in [0.29, 0.717) is 47.1 Å². The summed E-state index contributed by atoms with van der Waals surface area (Å²) in [6.07, 6.45) is 9.97. The van der Waals surface area contributed by atoms with Crippen LogP contribution in [0.25, 0.3) is 22.2 Å². The molecule has 4 aliphatic heterocycles. The van der Waals surface area contributed by atoms with Crippen molar-refractivity contribution in [3.05, 3.63) is 41.8 Å². The van der Waals surface area contributed by atoms with Gasteiger partial charge in [-0.25, -0.2) is 4.39 Å². The highest BCUT2D eigenvalue weighted by Crippen LogP contribution is 2.50. The van der Waals surface area contributed by atoms with Crippen LogP contribution in [-0.2, 0) is 0 Å². The van der Waals surface area contributed by atoms with Gasteiger partial charge in [0.05, 0.1) is 10.9 Å². The molecule has 1 aromatic carbocycles. The van der Waals surface area contributed by atoms with Crippen LogP contribution < -0.4 is 15.0 Å². The second-order valence-electron chi connectivity index (χ2n) is 12.7. The number of anilines is 1. The Balaban J connectivity index is 0.00000264. The van der Waals surface area contributed by atoms with Gasteiger partial charge in [0, 0.05) is 38.4 Å². The van der Waals surface area contributed by atoms with Crippen molar-refractivity contribution in [2.24, 2.45) is 5.92 Å².